The first-order valence-electron chi connectivity index (χ1n) is 5.14. The highest BCUT2D eigenvalue weighted by Crippen LogP contribution is 2.24. The van der Waals surface area contributed by atoms with E-state index in [0.717, 1.165) is 0 Å². The molecule has 90 valence electrons. The minimum atomic E-state index is -0.908. The zero-order chi connectivity index (χ0) is 12.4. The third kappa shape index (κ3) is 2.37. The number of nitrogens with zero attached hydrogens (tertiary/aromatic N) is 3. The molecule has 0 aliphatic heterocycles. The monoisotopic (exact) mass is 299 g/mol. The van der Waals surface area contributed by atoms with Crippen LogP contribution in [-0.2, 0) is 6.54 Å². The van der Waals surface area contributed by atoms with Crippen molar-refractivity contribution in [2.75, 3.05) is 0 Å². The largest absolute Gasteiger partial charge is 0.380 e. The van der Waals surface area contributed by atoms with Crippen LogP contribution in [0.5, 0.6) is 0 Å². The van der Waals surface area contributed by atoms with Crippen LogP contribution in [0, 0.1) is 5.82 Å². The maximum absolute atomic E-state index is 13.1. The van der Waals surface area contributed by atoms with Gasteiger partial charge in [0, 0.05) is 6.54 Å². The van der Waals surface area contributed by atoms with Gasteiger partial charge in [-0.3, -0.25) is 0 Å². The fourth-order valence-electron chi connectivity index (χ4n) is 1.56. The molecule has 0 amide bonds. The molecule has 1 heterocycles. The number of rotatable bonds is 3. The predicted molar refractivity (Wildman–Crippen MR) is 63.9 cm³/mol. The molecule has 2 rings (SSSR count). The predicted octanol–water partition coefficient (Wildman–Crippen LogP) is 2.28. The SMILES string of the molecule is CCn1ncnc1C(O)c1ccc(F)c(Br)c1. The van der Waals surface area contributed by atoms with Gasteiger partial charge < -0.3 is 5.11 Å². The molecule has 1 unspecified atom stereocenters. The molecule has 0 spiro atoms. The van der Waals surface area contributed by atoms with Crippen LogP contribution >= 0.6 is 15.9 Å². The van der Waals surface area contributed by atoms with Gasteiger partial charge in [-0.1, -0.05) is 6.07 Å². The first-order valence-corrected chi connectivity index (χ1v) is 5.93. The van der Waals surface area contributed by atoms with Crippen molar-refractivity contribution < 1.29 is 9.50 Å². The molecule has 4 nitrogen and oxygen atoms in total. The summed E-state index contributed by atoms with van der Waals surface area (Å²) in [6.07, 6.45) is 0.481. The van der Waals surface area contributed by atoms with Gasteiger partial charge in [0.1, 0.15) is 18.2 Å². The Hall–Kier alpha value is -1.27. The molecule has 0 aliphatic carbocycles. The van der Waals surface area contributed by atoms with E-state index in [-0.39, 0.29) is 5.82 Å². The van der Waals surface area contributed by atoms with Crippen molar-refractivity contribution in [3.05, 3.63) is 46.2 Å². The van der Waals surface area contributed by atoms with Crippen LogP contribution in [0.15, 0.2) is 29.0 Å². The second kappa shape index (κ2) is 4.93. The van der Waals surface area contributed by atoms with Gasteiger partial charge in [0.25, 0.3) is 0 Å². The molecule has 0 aliphatic rings. The van der Waals surface area contributed by atoms with Crippen LogP contribution in [0.2, 0.25) is 0 Å². The van der Waals surface area contributed by atoms with Gasteiger partial charge in [-0.25, -0.2) is 14.1 Å². The Kier molecular flexibility index (Phi) is 3.54. The minimum absolute atomic E-state index is 0.316. The van der Waals surface area contributed by atoms with Crippen LogP contribution in [0.4, 0.5) is 4.39 Å². The highest BCUT2D eigenvalue weighted by Gasteiger charge is 2.17. The molecule has 0 radical (unpaired) electrons. The van der Waals surface area contributed by atoms with Gasteiger partial charge >= 0.3 is 0 Å². The molecule has 17 heavy (non-hydrogen) atoms. The standard InChI is InChI=1S/C11H11BrFN3O/c1-2-16-11(14-6-15-16)10(17)7-3-4-9(13)8(12)5-7/h3-6,10,17H,2H2,1H3. The van der Waals surface area contributed by atoms with Crippen LogP contribution in [0.1, 0.15) is 24.4 Å². The van der Waals surface area contributed by atoms with E-state index in [1.165, 1.54) is 24.5 Å². The van der Waals surface area contributed by atoms with Gasteiger partial charge in [0.15, 0.2) is 5.82 Å². The fourth-order valence-corrected chi connectivity index (χ4v) is 1.96. The summed E-state index contributed by atoms with van der Waals surface area (Å²) < 4.78 is 15.0. The van der Waals surface area contributed by atoms with Crippen molar-refractivity contribution in [1.82, 2.24) is 14.8 Å². The number of hydrogen-bond donors (Lipinski definition) is 1. The highest BCUT2D eigenvalue weighted by atomic mass is 79.9. The number of hydrogen-bond acceptors (Lipinski definition) is 3. The van der Waals surface area contributed by atoms with Crippen LogP contribution in [0.3, 0.4) is 0 Å². The smallest absolute Gasteiger partial charge is 0.160 e. The average Bonchev–Trinajstić information content (AvgIpc) is 2.80. The third-order valence-electron chi connectivity index (χ3n) is 2.45. The van der Waals surface area contributed by atoms with Crippen LogP contribution < -0.4 is 0 Å². The fraction of sp³-hybridized carbons (Fsp3) is 0.273. The number of halogens is 2. The first kappa shape index (κ1) is 12.2. The molecule has 0 fully saturated rings. The second-order valence-corrected chi connectivity index (χ2v) is 4.36. The third-order valence-corrected chi connectivity index (χ3v) is 3.06. The van der Waals surface area contributed by atoms with E-state index in [4.69, 9.17) is 0 Å². The topological polar surface area (TPSA) is 50.9 Å². The molecule has 6 heteroatoms. The number of aromatic nitrogens is 3. The van der Waals surface area contributed by atoms with E-state index in [1.807, 2.05) is 6.92 Å². The lowest BCUT2D eigenvalue weighted by molar-refractivity contribution is 0.202. The summed E-state index contributed by atoms with van der Waals surface area (Å²) in [5, 5.41) is 14.1. The van der Waals surface area contributed by atoms with Gasteiger partial charge in [0.2, 0.25) is 0 Å². The molecule has 1 aromatic heterocycles. The lowest BCUT2D eigenvalue weighted by Crippen LogP contribution is -2.10. The Balaban J connectivity index is 2.36. The highest BCUT2D eigenvalue weighted by molar-refractivity contribution is 9.10. The van der Waals surface area contributed by atoms with Crippen molar-refractivity contribution in [2.45, 2.75) is 19.6 Å². The first-order chi connectivity index (χ1) is 8.13. The van der Waals surface area contributed by atoms with Crippen molar-refractivity contribution in [2.24, 2.45) is 0 Å². The lowest BCUT2D eigenvalue weighted by atomic mass is 10.1. The number of aliphatic hydroxyl groups excluding tert-OH is 1. The van der Waals surface area contributed by atoms with E-state index < -0.39 is 6.10 Å². The number of benzene rings is 1. The second-order valence-electron chi connectivity index (χ2n) is 3.51. The lowest BCUT2D eigenvalue weighted by Gasteiger charge is -2.11. The summed E-state index contributed by atoms with van der Waals surface area (Å²) in [7, 11) is 0. The van der Waals surface area contributed by atoms with Gasteiger partial charge in [-0.15, -0.1) is 0 Å². The van der Waals surface area contributed by atoms with Gasteiger partial charge in [-0.2, -0.15) is 5.10 Å². The Bertz CT molecular complexity index is 529. The molecular weight excluding hydrogens is 289 g/mol. The molecule has 1 N–H and O–H groups in total. The number of aryl methyl sites for hydroxylation is 1. The maximum Gasteiger partial charge on any atom is 0.160 e. The van der Waals surface area contributed by atoms with E-state index in [1.54, 1.807) is 4.68 Å². The molecule has 0 bridgehead atoms. The Morgan fingerprint density at radius 1 is 1.53 bits per heavy atom. The summed E-state index contributed by atoms with van der Waals surface area (Å²) in [6.45, 7) is 2.53. The Labute approximate surface area is 106 Å². The summed E-state index contributed by atoms with van der Waals surface area (Å²) in [5.74, 6) is 0.0870. The average molecular weight is 300 g/mol. The minimum Gasteiger partial charge on any atom is -0.380 e. The van der Waals surface area contributed by atoms with Gasteiger partial charge in [0.05, 0.1) is 4.47 Å². The quantitative estimate of drug-likeness (QED) is 0.946. The Morgan fingerprint density at radius 2 is 2.29 bits per heavy atom. The van der Waals surface area contributed by atoms with E-state index in [0.29, 0.717) is 22.4 Å². The Morgan fingerprint density at radius 3 is 2.94 bits per heavy atom. The zero-order valence-corrected chi connectivity index (χ0v) is 10.7. The van der Waals surface area contributed by atoms with E-state index in [2.05, 4.69) is 26.0 Å². The molecular formula is C11H11BrFN3O. The van der Waals surface area contributed by atoms with Gasteiger partial charge in [-0.05, 0) is 40.5 Å². The summed E-state index contributed by atoms with van der Waals surface area (Å²) in [6, 6.07) is 4.36. The zero-order valence-electron chi connectivity index (χ0n) is 9.14. The molecule has 0 saturated heterocycles. The van der Waals surface area contributed by atoms with Crippen molar-refractivity contribution in [1.29, 1.82) is 0 Å². The summed E-state index contributed by atoms with van der Waals surface area (Å²) >= 11 is 3.08. The van der Waals surface area contributed by atoms with Crippen molar-refractivity contribution in [3.8, 4) is 0 Å². The normalized spacial score (nSPS) is 12.7. The van der Waals surface area contributed by atoms with E-state index in [9.17, 15) is 9.50 Å². The summed E-state index contributed by atoms with van der Waals surface area (Å²) in [5.41, 5.74) is 0.570. The van der Waals surface area contributed by atoms with Crippen LogP contribution in [0.25, 0.3) is 0 Å². The van der Waals surface area contributed by atoms with Crippen molar-refractivity contribution >= 4 is 15.9 Å². The molecule has 2 aromatic rings. The maximum atomic E-state index is 13.1. The molecule has 0 saturated carbocycles. The number of aliphatic hydroxyl groups is 1. The van der Waals surface area contributed by atoms with Crippen LogP contribution in [-0.4, -0.2) is 19.9 Å². The van der Waals surface area contributed by atoms with Crippen molar-refractivity contribution in [3.63, 3.8) is 0 Å². The van der Waals surface area contributed by atoms with E-state index >= 15 is 0 Å². The molecule has 1 atom stereocenters. The molecule has 1 aromatic carbocycles. The summed E-state index contributed by atoms with van der Waals surface area (Å²) in [4.78, 5) is 4.01.